The van der Waals surface area contributed by atoms with Gasteiger partial charge in [-0.3, -0.25) is 4.98 Å². The number of pyridine rings is 1. The van der Waals surface area contributed by atoms with Crippen LogP contribution >= 0.6 is 11.6 Å². The van der Waals surface area contributed by atoms with Crippen molar-refractivity contribution in [2.75, 3.05) is 13.7 Å². The van der Waals surface area contributed by atoms with Crippen LogP contribution in [-0.4, -0.2) is 18.6 Å². The second kappa shape index (κ2) is 6.73. The van der Waals surface area contributed by atoms with Gasteiger partial charge in [0.25, 0.3) is 0 Å². The molecule has 2 rings (SSSR count). The van der Waals surface area contributed by atoms with Crippen LogP contribution in [0.25, 0.3) is 0 Å². The average Bonchev–Trinajstić information content (AvgIpc) is 2.46. The number of aromatic nitrogens is 1. The molecule has 20 heavy (non-hydrogen) atoms. The molecule has 1 atom stereocenters. The van der Waals surface area contributed by atoms with Crippen molar-refractivity contribution in [1.82, 2.24) is 10.3 Å². The van der Waals surface area contributed by atoms with Crippen molar-refractivity contribution >= 4 is 11.6 Å². The summed E-state index contributed by atoms with van der Waals surface area (Å²) in [7, 11) is 1.67. The van der Waals surface area contributed by atoms with E-state index >= 15 is 0 Å². The predicted octanol–water partition coefficient (Wildman–Crippen LogP) is 3.75. The van der Waals surface area contributed by atoms with Crippen LogP contribution in [0.3, 0.4) is 0 Å². The van der Waals surface area contributed by atoms with Crippen molar-refractivity contribution in [1.29, 1.82) is 0 Å². The fourth-order valence-corrected chi connectivity index (χ4v) is 2.50. The van der Waals surface area contributed by atoms with E-state index in [1.54, 1.807) is 13.3 Å². The number of nitrogens with one attached hydrogen (secondary N) is 1. The predicted molar refractivity (Wildman–Crippen MR) is 82.5 cm³/mol. The maximum atomic E-state index is 6.29. The lowest BCUT2D eigenvalue weighted by Gasteiger charge is -2.21. The van der Waals surface area contributed by atoms with Gasteiger partial charge in [0.2, 0.25) is 0 Å². The zero-order valence-electron chi connectivity index (χ0n) is 12.0. The van der Waals surface area contributed by atoms with Crippen LogP contribution in [0.1, 0.15) is 29.8 Å². The molecule has 0 spiro atoms. The Hall–Kier alpha value is -1.58. The largest absolute Gasteiger partial charge is 0.497 e. The molecule has 1 heterocycles. The molecule has 0 saturated carbocycles. The molecule has 106 valence electrons. The molecule has 0 radical (unpaired) electrons. The summed E-state index contributed by atoms with van der Waals surface area (Å²) >= 11 is 6.29. The van der Waals surface area contributed by atoms with Crippen molar-refractivity contribution in [2.45, 2.75) is 19.9 Å². The Morgan fingerprint density at radius 1 is 1.35 bits per heavy atom. The average molecular weight is 291 g/mol. The first kappa shape index (κ1) is 14.8. The third-order valence-corrected chi connectivity index (χ3v) is 3.58. The van der Waals surface area contributed by atoms with E-state index in [2.05, 4.69) is 30.2 Å². The Morgan fingerprint density at radius 3 is 2.75 bits per heavy atom. The van der Waals surface area contributed by atoms with Crippen LogP contribution in [0, 0.1) is 6.92 Å². The molecule has 0 aliphatic heterocycles. The third-order valence-electron chi connectivity index (χ3n) is 3.26. The SMILES string of the molecule is CCNC(c1ccc(OC)cc1C)c1ncccc1Cl. The molecule has 0 aliphatic carbocycles. The Balaban J connectivity index is 2.46. The van der Waals surface area contributed by atoms with Crippen LogP contribution in [0.4, 0.5) is 0 Å². The van der Waals surface area contributed by atoms with E-state index in [0.29, 0.717) is 5.02 Å². The van der Waals surface area contributed by atoms with Crippen LogP contribution in [0.2, 0.25) is 5.02 Å². The summed E-state index contributed by atoms with van der Waals surface area (Å²) < 4.78 is 5.26. The topological polar surface area (TPSA) is 34.1 Å². The number of rotatable bonds is 5. The molecule has 3 nitrogen and oxygen atoms in total. The minimum atomic E-state index is -0.0143. The number of benzene rings is 1. The lowest BCUT2D eigenvalue weighted by molar-refractivity contribution is 0.414. The van der Waals surface area contributed by atoms with E-state index in [4.69, 9.17) is 16.3 Å². The summed E-state index contributed by atoms with van der Waals surface area (Å²) in [6.07, 6.45) is 1.77. The zero-order valence-corrected chi connectivity index (χ0v) is 12.7. The summed E-state index contributed by atoms with van der Waals surface area (Å²) in [6, 6.07) is 9.75. The fourth-order valence-electron chi connectivity index (χ4n) is 2.27. The number of halogens is 1. The fraction of sp³-hybridized carbons (Fsp3) is 0.312. The van der Waals surface area contributed by atoms with Crippen LogP contribution in [0.15, 0.2) is 36.5 Å². The number of hydrogen-bond acceptors (Lipinski definition) is 3. The van der Waals surface area contributed by atoms with Crippen molar-refractivity contribution in [3.63, 3.8) is 0 Å². The number of hydrogen-bond donors (Lipinski definition) is 1. The summed E-state index contributed by atoms with van der Waals surface area (Å²) in [5.41, 5.74) is 3.16. The van der Waals surface area contributed by atoms with Crippen molar-refractivity contribution < 1.29 is 4.74 Å². The quantitative estimate of drug-likeness (QED) is 0.910. The first-order valence-corrected chi connectivity index (χ1v) is 7.03. The smallest absolute Gasteiger partial charge is 0.119 e. The number of methoxy groups -OCH3 is 1. The summed E-state index contributed by atoms with van der Waals surface area (Å²) in [5.74, 6) is 0.855. The molecule has 0 aliphatic rings. The van der Waals surface area contributed by atoms with Crippen molar-refractivity contribution in [2.24, 2.45) is 0 Å². The first-order chi connectivity index (χ1) is 9.67. The molecule has 1 aromatic carbocycles. The minimum absolute atomic E-state index is 0.0143. The van der Waals surface area contributed by atoms with Gasteiger partial charge in [-0.2, -0.15) is 0 Å². The van der Waals surface area contributed by atoms with E-state index in [1.807, 2.05) is 24.3 Å². The first-order valence-electron chi connectivity index (χ1n) is 6.65. The van der Waals surface area contributed by atoms with Gasteiger partial charge in [-0.15, -0.1) is 0 Å². The third kappa shape index (κ3) is 3.11. The van der Waals surface area contributed by atoms with Gasteiger partial charge in [-0.25, -0.2) is 0 Å². The molecule has 1 aromatic heterocycles. The highest BCUT2D eigenvalue weighted by Gasteiger charge is 2.19. The molecule has 2 aromatic rings. The molecule has 0 bridgehead atoms. The molecule has 4 heteroatoms. The maximum Gasteiger partial charge on any atom is 0.119 e. The van der Waals surface area contributed by atoms with Gasteiger partial charge >= 0.3 is 0 Å². The Kier molecular flexibility index (Phi) is 4.99. The Labute approximate surface area is 124 Å². The normalized spacial score (nSPS) is 12.2. The highest BCUT2D eigenvalue weighted by Crippen LogP contribution is 2.30. The van der Waals surface area contributed by atoms with Crippen molar-refractivity contribution in [3.05, 3.63) is 58.4 Å². The second-order valence-electron chi connectivity index (χ2n) is 4.58. The van der Waals surface area contributed by atoms with E-state index < -0.39 is 0 Å². The minimum Gasteiger partial charge on any atom is -0.497 e. The monoisotopic (exact) mass is 290 g/mol. The van der Waals surface area contributed by atoms with E-state index in [-0.39, 0.29) is 6.04 Å². The van der Waals surface area contributed by atoms with Gasteiger partial charge < -0.3 is 10.1 Å². The van der Waals surface area contributed by atoms with Crippen molar-refractivity contribution in [3.8, 4) is 5.75 Å². The Morgan fingerprint density at radius 2 is 2.15 bits per heavy atom. The molecule has 1 unspecified atom stereocenters. The molecular weight excluding hydrogens is 272 g/mol. The molecule has 0 fully saturated rings. The zero-order chi connectivity index (χ0) is 14.5. The standard InChI is InChI=1S/C16H19ClN2O/c1-4-18-15(16-14(17)6-5-9-19-16)13-8-7-12(20-3)10-11(13)2/h5-10,15,18H,4H2,1-3H3. The van der Waals surface area contributed by atoms with Gasteiger partial charge in [0.05, 0.1) is 23.9 Å². The van der Waals surface area contributed by atoms with E-state index in [9.17, 15) is 0 Å². The van der Waals surface area contributed by atoms with E-state index in [0.717, 1.165) is 29.1 Å². The molecule has 1 N–H and O–H groups in total. The highest BCUT2D eigenvalue weighted by molar-refractivity contribution is 6.31. The van der Waals surface area contributed by atoms with Gasteiger partial charge in [0, 0.05) is 6.20 Å². The lowest BCUT2D eigenvalue weighted by Crippen LogP contribution is -2.24. The number of ether oxygens (including phenoxy) is 1. The number of nitrogens with zero attached hydrogens (tertiary/aromatic N) is 1. The van der Waals surface area contributed by atoms with Gasteiger partial charge in [0.15, 0.2) is 0 Å². The Bertz CT molecular complexity index is 586. The van der Waals surface area contributed by atoms with Gasteiger partial charge in [-0.05, 0) is 48.9 Å². The number of aryl methyl sites for hydroxylation is 1. The van der Waals surface area contributed by atoms with Gasteiger partial charge in [0.1, 0.15) is 5.75 Å². The van der Waals surface area contributed by atoms with Gasteiger partial charge in [-0.1, -0.05) is 24.6 Å². The lowest BCUT2D eigenvalue weighted by atomic mass is 9.98. The molecular formula is C16H19ClN2O. The summed E-state index contributed by atoms with van der Waals surface area (Å²) in [5, 5.41) is 4.12. The second-order valence-corrected chi connectivity index (χ2v) is 4.99. The van der Waals surface area contributed by atoms with E-state index in [1.165, 1.54) is 0 Å². The molecule has 0 amide bonds. The molecule has 0 saturated heterocycles. The summed E-state index contributed by atoms with van der Waals surface area (Å²) in [4.78, 5) is 4.43. The van der Waals surface area contributed by atoms with Crippen LogP contribution in [0.5, 0.6) is 5.75 Å². The summed E-state index contributed by atoms with van der Waals surface area (Å²) in [6.45, 7) is 4.98. The van der Waals surface area contributed by atoms with Crippen LogP contribution in [-0.2, 0) is 0 Å². The highest BCUT2D eigenvalue weighted by atomic mass is 35.5. The van der Waals surface area contributed by atoms with Crippen LogP contribution < -0.4 is 10.1 Å². The maximum absolute atomic E-state index is 6.29.